The molecule has 2 unspecified atom stereocenters. The fourth-order valence-electron chi connectivity index (χ4n) is 2.46. The molecule has 0 aromatic heterocycles. The number of hydrogen-bond acceptors (Lipinski definition) is 2. The first-order chi connectivity index (χ1) is 9.86. The highest BCUT2D eigenvalue weighted by atomic mass is 19.4. The maximum absolute atomic E-state index is 12.4. The average Bonchev–Trinajstić information content (AvgIpc) is 2.81. The first kappa shape index (κ1) is 15.6. The summed E-state index contributed by atoms with van der Waals surface area (Å²) < 4.78 is 37.2. The number of anilines is 1. The van der Waals surface area contributed by atoms with Gasteiger partial charge in [0.2, 0.25) is 0 Å². The highest BCUT2D eigenvalue weighted by Crippen LogP contribution is 2.29. The molecule has 0 aliphatic heterocycles. The lowest BCUT2D eigenvalue weighted by Gasteiger charge is -2.16. The maximum Gasteiger partial charge on any atom is 0.416 e. The third-order valence-electron chi connectivity index (χ3n) is 3.71. The number of nitrogens with one attached hydrogen (secondary N) is 2. The largest absolute Gasteiger partial charge is 0.416 e. The minimum atomic E-state index is -4.38. The fraction of sp³-hybridized carbons (Fsp3) is 0.500. The number of carbonyl (C=O) groups excluding carboxylic acids is 1. The van der Waals surface area contributed by atoms with Crippen LogP contribution in [0.2, 0.25) is 0 Å². The Kier molecular flexibility index (Phi) is 4.72. The van der Waals surface area contributed by atoms with Crippen molar-refractivity contribution in [3.8, 4) is 0 Å². The predicted molar refractivity (Wildman–Crippen MR) is 73.8 cm³/mol. The van der Waals surface area contributed by atoms with Gasteiger partial charge in [-0.3, -0.25) is 0 Å². The summed E-state index contributed by atoms with van der Waals surface area (Å²) in [6.07, 6.45) is -1.36. The number of amides is 2. The Morgan fingerprint density at radius 2 is 1.90 bits per heavy atom. The van der Waals surface area contributed by atoms with Crippen molar-refractivity contribution in [2.75, 3.05) is 11.9 Å². The normalized spacial score (nSPS) is 22.1. The van der Waals surface area contributed by atoms with Gasteiger partial charge in [0.1, 0.15) is 0 Å². The van der Waals surface area contributed by atoms with Crippen molar-refractivity contribution >= 4 is 11.7 Å². The fourth-order valence-corrected chi connectivity index (χ4v) is 2.46. The van der Waals surface area contributed by atoms with Crippen LogP contribution in [0.15, 0.2) is 24.3 Å². The van der Waals surface area contributed by atoms with Crippen molar-refractivity contribution in [1.82, 2.24) is 5.32 Å². The molecule has 2 rings (SSSR count). The first-order valence-electron chi connectivity index (χ1n) is 6.84. The van der Waals surface area contributed by atoms with E-state index in [4.69, 9.17) is 5.73 Å². The molecule has 7 heteroatoms. The summed E-state index contributed by atoms with van der Waals surface area (Å²) in [5, 5.41) is 5.20. The van der Waals surface area contributed by atoms with Crippen LogP contribution in [0, 0.1) is 5.92 Å². The van der Waals surface area contributed by atoms with Gasteiger partial charge in [-0.25, -0.2) is 4.79 Å². The molecule has 1 aliphatic carbocycles. The summed E-state index contributed by atoms with van der Waals surface area (Å²) >= 11 is 0. The Hall–Kier alpha value is -1.76. The van der Waals surface area contributed by atoms with Crippen molar-refractivity contribution in [3.05, 3.63) is 29.8 Å². The minimum absolute atomic E-state index is 0.108. The number of alkyl halides is 3. The van der Waals surface area contributed by atoms with Crippen molar-refractivity contribution in [1.29, 1.82) is 0 Å². The summed E-state index contributed by atoms with van der Waals surface area (Å²) in [5.74, 6) is 0.267. The van der Waals surface area contributed by atoms with Gasteiger partial charge in [0.05, 0.1) is 5.56 Å². The van der Waals surface area contributed by atoms with Crippen LogP contribution in [0.1, 0.15) is 24.8 Å². The number of benzene rings is 1. The number of urea groups is 1. The van der Waals surface area contributed by atoms with Gasteiger partial charge in [0.25, 0.3) is 0 Å². The summed E-state index contributed by atoms with van der Waals surface area (Å²) in [6, 6.07) is 3.99. The number of halogens is 3. The third kappa shape index (κ3) is 4.35. The van der Waals surface area contributed by atoms with Gasteiger partial charge in [-0.15, -0.1) is 0 Å². The monoisotopic (exact) mass is 301 g/mol. The molecule has 0 saturated heterocycles. The summed E-state index contributed by atoms with van der Waals surface area (Å²) in [5.41, 5.74) is 5.47. The second-order valence-corrected chi connectivity index (χ2v) is 5.26. The Balaban J connectivity index is 1.82. The topological polar surface area (TPSA) is 67.1 Å². The zero-order chi connectivity index (χ0) is 15.5. The SMILES string of the molecule is NC1CCCC1CNC(=O)Nc1ccc(C(F)(F)F)cc1. The van der Waals surface area contributed by atoms with Gasteiger partial charge in [0, 0.05) is 18.3 Å². The molecule has 1 aliphatic rings. The molecule has 2 amide bonds. The molecule has 2 atom stereocenters. The van der Waals surface area contributed by atoms with Crippen LogP contribution in [-0.4, -0.2) is 18.6 Å². The van der Waals surface area contributed by atoms with Crippen molar-refractivity contribution < 1.29 is 18.0 Å². The van der Waals surface area contributed by atoms with E-state index in [2.05, 4.69) is 10.6 Å². The van der Waals surface area contributed by atoms with Gasteiger partial charge in [-0.2, -0.15) is 13.2 Å². The molecule has 1 aromatic carbocycles. The van der Waals surface area contributed by atoms with Gasteiger partial charge in [-0.05, 0) is 43.0 Å². The summed E-state index contributed by atoms with van der Waals surface area (Å²) in [7, 11) is 0. The number of hydrogen-bond donors (Lipinski definition) is 3. The van der Waals surface area contributed by atoms with E-state index in [1.54, 1.807) is 0 Å². The zero-order valence-corrected chi connectivity index (χ0v) is 11.4. The van der Waals surface area contributed by atoms with Crippen molar-refractivity contribution in [3.63, 3.8) is 0 Å². The Morgan fingerprint density at radius 3 is 2.43 bits per heavy atom. The lowest BCUT2D eigenvalue weighted by atomic mass is 10.1. The molecule has 0 bridgehead atoms. The van der Waals surface area contributed by atoms with Gasteiger partial charge in [-0.1, -0.05) is 6.42 Å². The standard InChI is InChI=1S/C14H18F3N3O/c15-14(16,17)10-4-6-11(7-5-10)20-13(21)19-8-9-2-1-3-12(9)18/h4-7,9,12H,1-3,8,18H2,(H2,19,20,21). The van der Waals surface area contributed by atoms with E-state index in [-0.39, 0.29) is 12.0 Å². The van der Waals surface area contributed by atoms with E-state index in [0.29, 0.717) is 12.2 Å². The van der Waals surface area contributed by atoms with Gasteiger partial charge < -0.3 is 16.4 Å². The number of carbonyl (C=O) groups is 1. The first-order valence-corrected chi connectivity index (χ1v) is 6.84. The van der Waals surface area contributed by atoms with E-state index in [9.17, 15) is 18.0 Å². The molecule has 4 N–H and O–H groups in total. The van der Waals surface area contributed by atoms with E-state index in [0.717, 1.165) is 31.4 Å². The van der Waals surface area contributed by atoms with Crippen molar-refractivity contribution in [2.24, 2.45) is 11.7 Å². The maximum atomic E-state index is 12.4. The van der Waals surface area contributed by atoms with Crippen LogP contribution in [0.4, 0.5) is 23.7 Å². The molecular weight excluding hydrogens is 283 g/mol. The van der Waals surface area contributed by atoms with Crippen LogP contribution in [0.5, 0.6) is 0 Å². The summed E-state index contributed by atoms with van der Waals surface area (Å²) in [6.45, 7) is 0.480. The number of rotatable bonds is 3. The molecule has 1 fully saturated rings. The van der Waals surface area contributed by atoms with E-state index in [1.807, 2.05) is 0 Å². The van der Waals surface area contributed by atoms with E-state index >= 15 is 0 Å². The average molecular weight is 301 g/mol. The predicted octanol–water partition coefficient (Wildman–Crippen LogP) is 2.95. The molecule has 21 heavy (non-hydrogen) atoms. The lowest BCUT2D eigenvalue weighted by molar-refractivity contribution is -0.137. The molecule has 0 heterocycles. The Bertz CT molecular complexity index is 487. The van der Waals surface area contributed by atoms with Crippen molar-refractivity contribution in [2.45, 2.75) is 31.5 Å². The van der Waals surface area contributed by atoms with E-state index in [1.165, 1.54) is 12.1 Å². The molecule has 4 nitrogen and oxygen atoms in total. The molecule has 0 spiro atoms. The van der Waals surface area contributed by atoms with E-state index < -0.39 is 17.8 Å². The highest BCUT2D eigenvalue weighted by Gasteiger charge is 2.30. The Labute approximate surface area is 120 Å². The molecule has 1 aromatic rings. The second kappa shape index (κ2) is 6.34. The molecule has 0 radical (unpaired) electrons. The second-order valence-electron chi connectivity index (χ2n) is 5.26. The molecule has 116 valence electrons. The number of nitrogens with two attached hydrogens (primary N) is 1. The van der Waals surface area contributed by atoms with Crippen LogP contribution >= 0.6 is 0 Å². The van der Waals surface area contributed by atoms with Gasteiger partial charge >= 0.3 is 12.2 Å². The van der Waals surface area contributed by atoms with Gasteiger partial charge in [0.15, 0.2) is 0 Å². The molecule has 1 saturated carbocycles. The van der Waals surface area contributed by atoms with Crippen LogP contribution < -0.4 is 16.4 Å². The van der Waals surface area contributed by atoms with Crippen LogP contribution in [0.3, 0.4) is 0 Å². The summed E-state index contributed by atoms with van der Waals surface area (Å²) in [4.78, 5) is 11.7. The molecular formula is C14H18F3N3O. The lowest BCUT2D eigenvalue weighted by Crippen LogP contribution is -2.38. The minimum Gasteiger partial charge on any atom is -0.338 e. The smallest absolute Gasteiger partial charge is 0.338 e. The van der Waals surface area contributed by atoms with Crippen LogP contribution in [-0.2, 0) is 6.18 Å². The highest BCUT2D eigenvalue weighted by molar-refractivity contribution is 5.89. The zero-order valence-electron chi connectivity index (χ0n) is 11.4. The van der Waals surface area contributed by atoms with Crippen LogP contribution in [0.25, 0.3) is 0 Å². The Morgan fingerprint density at radius 1 is 1.24 bits per heavy atom. The third-order valence-corrected chi connectivity index (χ3v) is 3.71. The quantitative estimate of drug-likeness (QED) is 0.803.